The molecule has 72 valence electrons. The van der Waals surface area contributed by atoms with E-state index in [1.807, 2.05) is 52.0 Å². The van der Waals surface area contributed by atoms with Gasteiger partial charge < -0.3 is 5.11 Å². The van der Waals surface area contributed by atoms with Gasteiger partial charge in [0.1, 0.15) is 0 Å². The van der Waals surface area contributed by atoms with Crippen LogP contribution in [0.1, 0.15) is 38.0 Å². The molecule has 0 radical (unpaired) electrons. The molecule has 0 aliphatic carbocycles. The van der Waals surface area contributed by atoms with Gasteiger partial charge in [-0.05, 0) is 17.9 Å². The normalized spacial score (nSPS) is 14.2. The number of hydrogen-bond donors (Lipinski definition) is 1. The summed E-state index contributed by atoms with van der Waals surface area (Å²) in [5, 5.41) is 9.95. The maximum Gasteiger partial charge on any atom is 0.0838 e. The van der Waals surface area contributed by atoms with E-state index in [-0.39, 0.29) is 11.5 Å². The van der Waals surface area contributed by atoms with Gasteiger partial charge >= 0.3 is 0 Å². The average Bonchev–Trinajstić information content (AvgIpc) is 2.03. The minimum atomic E-state index is -0.381. The fraction of sp³-hybridized carbons (Fsp3) is 0.500. The summed E-state index contributed by atoms with van der Waals surface area (Å²) in [6, 6.07) is 8.05. The molecule has 0 amide bonds. The van der Waals surface area contributed by atoms with Crippen LogP contribution < -0.4 is 0 Å². The molecular formula is C12H18O. The van der Waals surface area contributed by atoms with Crippen molar-refractivity contribution in [3.05, 3.63) is 35.4 Å². The predicted octanol–water partition coefficient (Wildman–Crippen LogP) is 3.07. The van der Waals surface area contributed by atoms with E-state index in [9.17, 15) is 5.11 Å². The molecule has 0 aliphatic heterocycles. The largest absolute Gasteiger partial charge is 0.388 e. The van der Waals surface area contributed by atoms with E-state index in [4.69, 9.17) is 0 Å². The summed E-state index contributed by atoms with van der Waals surface area (Å²) in [5.74, 6) is 0. The Morgan fingerprint density at radius 3 is 1.92 bits per heavy atom. The first-order chi connectivity index (χ1) is 5.91. The number of hydrogen-bond acceptors (Lipinski definition) is 1. The van der Waals surface area contributed by atoms with Gasteiger partial charge in [-0.1, -0.05) is 50.6 Å². The first-order valence-electron chi connectivity index (χ1n) is 4.66. The Balaban J connectivity index is 2.90. The summed E-state index contributed by atoms with van der Waals surface area (Å²) >= 11 is 0. The number of rotatable bonds is 1. The number of aliphatic hydroxyl groups is 1. The van der Waals surface area contributed by atoms with Crippen LogP contribution in [0.3, 0.4) is 0 Å². The van der Waals surface area contributed by atoms with Gasteiger partial charge in [-0.25, -0.2) is 0 Å². The third-order valence-corrected chi connectivity index (χ3v) is 2.21. The van der Waals surface area contributed by atoms with E-state index in [0.29, 0.717) is 0 Å². The Morgan fingerprint density at radius 2 is 1.54 bits per heavy atom. The Labute approximate surface area is 80.4 Å². The van der Waals surface area contributed by atoms with E-state index >= 15 is 0 Å². The molecule has 1 unspecified atom stereocenters. The highest BCUT2D eigenvalue weighted by Gasteiger charge is 2.23. The van der Waals surface area contributed by atoms with Crippen molar-refractivity contribution in [1.82, 2.24) is 0 Å². The third kappa shape index (κ3) is 2.56. The number of aryl methyl sites for hydroxylation is 1. The lowest BCUT2D eigenvalue weighted by atomic mass is 9.85. The van der Waals surface area contributed by atoms with Crippen molar-refractivity contribution in [1.29, 1.82) is 0 Å². The van der Waals surface area contributed by atoms with E-state index < -0.39 is 0 Å². The van der Waals surface area contributed by atoms with Gasteiger partial charge in [0.15, 0.2) is 0 Å². The Hall–Kier alpha value is -0.820. The molecule has 0 aromatic heterocycles. The van der Waals surface area contributed by atoms with Crippen LogP contribution in [0, 0.1) is 12.3 Å². The lowest BCUT2D eigenvalue weighted by Crippen LogP contribution is -2.17. The zero-order valence-corrected chi connectivity index (χ0v) is 8.83. The lowest BCUT2D eigenvalue weighted by molar-refractivity contribution is 0.0627. The summed E-state index contributed by atoms with van der Waals surface area (Å²) in [6.45, 7) is 8.17. The second-order valence-electron chi connectivity index (χ2n) is 4.68. The van der Waals surface area contributed by atoms with Crippen molar-refractivity contribution < 1.29 is 5.11 Å². The summed E-state index contributed by atoms with van der Waals surface area (Å²) in [7, 11) is 0. The van der Waals surface area contributed by atoms with E-state index in [2.05, 4.69) is 0 Å². The van der Waals surface area contributed by atoms with E-state index in [1.54, 1.807) is 0 Å². The number of benzene rings is 1. The van der Waals surface area contributed by atoms with Crippen LogP contribution in [-0.4, -0.2) is 5.11 Å². The van der Waals surface area contributed by atoms with Gasteiger partial charge in [-0.2, -0.15) is 0 Å². The maximum absolute atomic E-state index is 9.95. The average molecular weight is 178 g/mol. The van der Waals surface area contributed by atoms with Gasteiger partial charge in [-0.15, -0.1) is 0 Å². The van der Waals surface area contributed by atoms with Crippen molar-refractivity contribution in [2.24, 2.45) is 5.41 Å². The molecule has 0 saturated carbocycles. The monoisotopic (exact) mass is 178 g/mol. The highest BCUT2D eigenvalue weighted by Crippen LogP contribution is 2.32. The van der Waals surface area contributed by atoms with Crippen LogP contribution in [0.4, 0.5) is 0 Å². The highest BCUT2D eigenvalue weighted by molar-refractivity contribution is 5.24. The van der Waals surface area contributed by atoms with Gasteiger partial charge in [0.25, 0.3) is 0 Å². The van der Waals surface area contributed by atoms with Crippen molar-refractivity contribution in [3.8, 4) is 0 Å². The van der Waals surface area contributed by atoms with Gasteiger partial charge in [0, 0.05) is 0 Å². The van der Waals surface area contributed by atoms with Crippen molar-refractivity contribution >= 4 is 0 Å². The van der Waals surface area contributed by atoms with Gasteiger partial charge in [0.05, 0.1) is 6.10 Å². The fourth-order valence-corrected chi connectivity index (χ4v) is 1.25. The summed E-state index contributed by atoms with van der Waals surface area (Å²) in [6.07, 6.45) is -0.381. The Morgan fingerprint density at radius 1 is 1.08 bits per heavy atom. The van der Waals surface area contributed by atoms with Gasteiger partial charge in [-0.3, -0.25) is 0 Å². The molecule has 13 heavy (non-hydrogen) atoms. The van der Waals surface area contributed by atoms with Crippen LogP contribution in [-0.2, 0) is 0 Å². The molecule has 1 aromatic rings. The van der Waals surface area contributed by atoms with E-state index in [0.717, 1.165) is 5.56 Å². The van der Waals surface area contributed by atoms with Crippen LogP contribution in [0.15, 0.2) is 24.3 Å². The minimum Gasteiger partial charge on any atom is -0.388 e. The van der Waals surface area contributed by atoms with E-state index in [1.165, 1.54) is 5.56 Å². The van der Waals surface area contributed by atoms with Crippen molar-refractivity contribution in [2.75, 3.05) is 0 Å². The SMILES string of the molecule is Cc1ccc(C(O)C(C)(C)C)cc1. The molecule has 1 heteroatoms. The molecule has 1 atom stereocenters. The molecule has 1 nitrogen and oxygen atoms in total. The summed E-state index contributed by atoms with van der Waals surface area (Å²) < 4.78 is 0. The molecule has 1 rings (SSSR count). The van der Waals surface area contributed by atoms with Crippen LogP contribution in [0.25, 0.3) is 0 Å². The van der Waals surface area contributed by atoms with Crippen molar-refractivity contribution in [2.45, 2.75) is 33.8 Å². The smallest absolute Gasteiger partial charge is 0.0838 e. The predicted molar refractivity (Wildman–Crippen MR) is 55.6 cm³/mol. The zero-order chi connectivity index (χ0) is 10.1. The molecule has 0 aliphatic rings. The Bertz CT molecular complexity index is 266. The first kappa shape index (κ1) is 10.3. The fourth-order valence-electron chi connectivity index (χ4n) is 1.25. The lowest BCUT2D eigenvalue weighted by Gasteiger charge is -2.26. The minimum absolute atomic E-state index is 0.0880. The van der Waals surface area contributed by atoms with Crippen LogP contribution >= 0.6 is 0 Å². The van der Waals surface area contributed by atoms with Crippen molar-refractivity contribution in [3.63, 3.8) is 0 Å². The molecular weight excluding hydrogens is 160 g/mol. The summed E-state index contributed by atoms with van der Waals surface area (Å²) in [4.78, 5) is 0. The molecule has 1 aromatic carbocycles. The third-order valence-electron chi connectivity index (χ3n) is 2.21. The Kier molecular flexibility index (Phi) is 2.77. The standard InChI is InChI=1S/C12H18O/c1-9-5-7-10(8-6-9)11(13)12(2,3)4/h5-8,11,13H,1-4H3. The van der Waals surface area contributed by atoms with Gasteiger partial charge in [0.2, 0.25) is 0 Å². The molecule has 0 fully saturated rings. The molecule has 0 bridgehead atoms. The quantitative estimate of drug-likeness (QED) is 0.700. The summed E-state index contributed by atoms with van der Waals surface area (Å²) in [5.41, 5.74) is 2.14. The van der Waals surface area contributed by atoms with Crippen LogP contribution in [0.2, 0.25) is 0 Å². The second-order valence-corrected chi connectivity index (χ2v) is 4.68. The second kappa shape index (κ2) is 3.51. The van der Waals surface area contributed by atoms with Crippen LogP contribution in [0.5, 0.6) is 0 Å². The number of aliphatic hydroxyl groups excluding tert-OH is 1. The first-order valence-corrected chi connectivity index (χ1v) is 4.66. The zero-order valence-electron chi connectivity index (χ0n) is 8.83. The molecule has 0 saturated heterocycles. The topological polar surface area (TPSA) is 20.2 Å². The highest BCUT2D eigenvalue weighted by atomic mass is 16.3. The molecule has 1 N–H and O–H groups in total. The maximum atomic E-state index is 9.95. The molecule has 0 spiro atoms. The molecule has 0 heterocycles.